The number of benzene rings is 1. The zero-order chi connectivity index (χ0) is 20.3. The standard InChI is InChI=1S/C24H29N5O/c30-24(28-17-11-20(12-18-28)26-13-5-2-6-14-26)22-19-25-29(21-9-3-1-4-10-21)23(22)27-15-7-8-16-27/h1,3-4,7-10,15-16,19-20H,2,5-6,11-14,17-18H2. The van der Waals surface area contributed by atoms with Crippen LogP contribution in [0.5, 0.6) is 0 Å². The molecule has 1 aromatic carbocycles. The van der Waals surface area contributed by atoms with Gasteiger partial charge in [0, 0.05) is 31.5 Å². The molecule has 3 aromatic rings. The number of likely N-dealkylation sites (tertiary alicyclic amines) is 2. The van der Waals surface area contributed by atoms with Gasteiger partial charge in [0.25, 0.3) is 5.91 Å². The number of carbonyl (C=O) groups is 1. The molecule has 0 atom stereocenters. The van der Waals surface area contributed by atoms with Crippen molar-refractivity contribution in [1.29, 1.82) is 0 Å². The first-order chi connectivity index (χ1) is 14.8. The molecule has 156 valence electrons. The van der Waals surface area contributed by atoms with Crippen molar-refractivity contribution in [2.45, 2.75) is 38.1 Å². The Hall–Kier alpha value is -2.86. The Morgan fingerprint density at radius 1 is 0.867 bits per heavy atom. The molecule has 0 saturated carbocycles. The Kier molecular flexibility index (Phi) is 5.41. The van der Waals surface area contributed by atoms with Gasteiger partial charge in [0.2, 0.25) is 0 Å². The molecule has 0 aliphatic carbocycles. The Bertz CT molecular complexity index is 964. The van der Waals surface area contributed by atoms with Gasteiger partial charge in [0.05, 0.1) is 11.9 Å². The summed E-state index contributed by atoms with van der Waals surface area (Å²) in [6.45, 7) is 4.09. The van der Waals surface area contributed by atoms with E-state index in [0.717, 1.165) is 37.4 Å². The van der Waals surface area contributed by atoms with Crippen LogP contribution in [0.4, 0.5) is 0 Å². The SMILES string of the molecule is O=C(c1cnn(-c2ccccc2)c1-n1cccc1)N1CCC(N2CCCCC2)CC1. The highest BCUT2D eigenvalue weighted by Gasteiger charge is 2.30. The van der Waals surface area contributed by atoms with Crippen LogP contribution in [0.3, 0.4) is 0 Å². The molecule has 2 aliphatic rings. The number of piperidine rings is 2. The average Bonchev–Trinajstić information content (AvgIpc) is 3.50. The molecule has 4 heterocycles. The highest BCUT2D eigenvalue weighted by molar-refractivity contribution is 5.97. The number of carbonyl (C=O) groups excluding carboxylic acids is 1. The summed E-state index contributed by atoms with van der Waals surface area (Å²) in [6, 6.07) is 14.6. The second-order valence-electron chi connectivity index (χ2n) is 8.34. The maximum atomic E-state index is 13.5. The molecule has 6 heteroatoms. The van der Waals surface area contributed by atoms with Crippen LogP contribution < -0.4 is 0 Å². The number of amides is 1. The lowest BCUT2D eigenvalue weighted by atomic mass is 9.99. The van der Waals surface area contributed by atoms with E-state index in [1.54, 1.807) is 6.20 Å². The fraction of sp³-hybridized carbons (Fsp3) is 0.417. The summed E-state index contributed by atoms with van der Waals surface area (Å²) in [5, 5.41) is 4.59. The summed E-state index contributed by atoms with van der Waals surface area (Å²) in [4.78, 5) is 18.1. The molecule has 5 rings (SSSR count). The van der Waals surface area contributed by atoms with Gasteiger partial charge < -0.3 is 14.4 Å². The molecule has 1 amide bonds. The van der Waals surface area contributed by atoms with Crippen molar-refractivity contribution in [3.8, 4) is 11.5 Å². The Labute approximate surface area is 177 Å². The van der Waals surface area contributed by atoms with E-state index in [0.29, 0.717) is 11.6 Å². The summed E-state index contributed by atoms with van der Waals surface area (Å²) in [7, 11) is 0. The van der Waals surface area contributed by atoms with Gasteiger partial charge in [0.15, 0.2) is 5.82 Å². The number of hydrogen-bond acceptors (Lipinski definition) is 3. The van der Waals surface area contributed by atoms with E-state index in [2.05, 4.69) is 10.00 Å². The predicted molar refractivity (Wildman–Crippen MR) is 117 cm³/mol. The number of hydrogen-bond donors (Lipinski definition) is 0. The van der Waals surface area contributed by atoms with Gasteiger partial charge in [-0.25, -0.2) is 4.68 Å². The summed E-state index contributed by atoms with van der Waals surface area (Å²) in [5.41, 5.74) is 1.61. The van der Waals surface area contributed by atoms with Gasteiger partial charge in [-0.15, -0.1) is 0 Å². The summed E-state index contributed by atoms with van der Waals surface area (Å²) < 4.78 is 3.83. The van der Waals surface area contributed by atoms with Crippen molar-refractivity contribution in [1.82, 2.24) is 24.1 Å². The number of rotatable bonds is 4. The minimum absolute atomic E-state index is 0.0815. The molecular weight excluding hydrogens is 374 g/mol. The molecule has 2 fully saturated rings. The van der Waals surface area contributed by atoms with Gasteiger partial charge in [-0.2, -0.15) is 5.10 Å². The Balaban J connectivity index is 1.38. The minimum atomic E-state index is 0.0815. The van der Waals surface area contributed by atoms with Crippen LogP contribution in [0, 0.1) is 0 Å². The smallest absolute Gasteiger partial charge is 0.259 e. The summed E-state index contributed by atoms with van der Waals surface area (Å²) in [5.74, 6) is 0.882. The van der Waals surface area contributed by atoms with Crippen LogP contribution in [-0.2, 0) is 0 Å². The van der Waals surface area contributed by atoms with Crippen molar-refractivity contribution in [3.05, 3.63) is 66.6 Å². The second kappa shape index (κ2) is 8.48. The summed E-state index contributed by atoms with van der Waals surface area (Å²) >= 11 is 0. The number of nitrogens with zero attached hydrogens (tertiary/aromatic N) is 5. The first-order valence-electron chi connectivity index (χ1n) is 11.1. The van der Waals surface area contributed by atoms with Crippen molar-refractivity contribution in [2.75, 3.05) is 26.2 Å². The van der Waals surface area contributed by atoms with E-state index in [-0.39, 0.29) is 5.91 Å². The number of para-hydroxylation sites is 1. The Morgan fingerprint density at radius 2 is 1.57 bits per heavy atom. The van der Waals surface area contributed by atoms with Crippen LogP contribution in [0.15, 0.2) is 61.1 Å². The van der Waals surface area contributed by atoms with Gasteiger partial charge in [-0.3, -0.25) is 4.79 Å². The van der Waals surface area contributed by atoms with Crippen LogP contribution in [0.25, 0.3) is 11.5 Å². The van der Waals surface area contributed by atoms with Crippen molar-refractivity contribution >= 4 is 5.91 Å². The third-order valence-electron chi connectivity index (χ3n) is 6.48. The molecule has 0 spiro atoms. The molecular formula is C24H29N5O. The van der Waals surface area contributed by atoms with Crippen molar-refractivity contribution in [3.63, 3.8) is 0 Å². The lowest BCUT2D eigenvalue weighted by Crippen LogP contribution is -2.48. The van der Waals surface area contributed by atoms with Crippen LogP contribution in [-0.4, -0.2) is 62.3 Å². The third kappa shape index (κ3) is 3.67. The van der Waals surface area contributed by atoms with Crippen molar-refractivity contribution < 1.29 is 4.79 Å². The fourth-order valence-corrected chi connectivity index (χ4v) is 4.86. The van der Waals surface area contributed by atoms with Crippen LogP contribution in [0.1, 0.15) is 42.5 Å². The molecule has 30 heavy (non-hydrogen) atoms. The molecule has 0 bridgehead atoms. The second-order valence-corrected chi connectivity index (χ2v) is 8.34. The zero-order valence-electron chi connectivity index (χ0n) is 17.4. The van der Waals surface area contributed by atoms with E-state index >= 15 is 0 Å². The van der Waals surface area contributed by atoms with E-state index in [9.17, 15) is 4.79 Å². The first-order valence-corrected chi connectivity index (χ1v) is 11.1. The van der Waals surface area contributed by atoms with Crippen LogP contribution >= 0.6 is 0 Å². The molecule has 6 nitrogen and oxygen atoms in total. The lowest BCUT2D eigenvalue weighted by molar-refractivity contribution is 0.0590. The van der Waals surface area contributed by atoms with Gasteiger partial charge >= 0.3 is 0 Å². The van der Waals surface area contributed by atoms with E-state index in [1.807, 2.05) is 69.0 Å². The normalized spacial score (nSPS) is 18.6. The molecule has 2 aromatic heterocycles. The average molecular weight is 404 g/mol. The monoisotopic (exact) mass is 403 g/mol. The molecule has 0 radical (unpaired) electrons. The number of aromatic nitrogens is 3. The quantitative estimate of drug-likeness (QED) is 0.666. The van der Waals surface area contributed by atoms with Gasteiger partial charge in [-0.1, -0.05) is 24.6 Å². The molecule has 2 saturated heterocycles. The van der Waals surface area contributed by atoms with Gasteiger partial charge in [0.1, 0.15) is 5.56 Å². The van der Waals surface area contributed by atoms with Crippen LogP contribution in [0.2, 0.25) is 0 Å². The third-order valence-corrected chi connectivity index (χ3v) is 6.48. The summed E-state index contributed by atoms with van der Waals surface area (Å²) in [6.07, 6.45) is 11.8. The zero-order valence-corrected chi connectivity index (χ0v) is 17.4. The highest BCUT2D eigenvalue weighted by atomic mass is 16.2. The van der Waals surface area contributed by atoms with Crippen molar-refractivity contribution in [2.24, 2.45) is 0 Å². The predicted octanol–water partition coefficient (Wildman–Crippen LogP) is 3.75. The fourth-order valence-electron chi connectivity index (χ4n) is 4.86. The first kappa shape index (κ1) is 19.1. The maximum absolute atomic E-state index is 13.5. The lowest BCUT2D eigenvalue weighted by Gasteiger charge is -2.40. The maximum Gasteiger partial charge on any atom is 0.259 e. The largest absolute Gasteiger partial charge is 0.338 e. The Morgan fingerprint density at radius 3 is 2.27 bits per heavy atom. The van der Waals surface area contributed by atoms with E-state index < -0.39 is 0 Å². The minimum Gasteiger partial charge on any atom is -0.338 e. The topological polar surface area (TPSA) is 46.3 Å². The van der Waals surface area contributed by atoms with E-state index in [4.69, 9.17) is 0 Å². The van der Waals surface area contributed by atoms with Gasteiger partial charge in [-0.05, 0) is 63.0 Å². The molecule has 0 N–H and O–H groups in total. The highest BCUT2D eigenvalue weighted by Crippen LogP contribution is 2.25. The molecule has 2 aliphatic heterocycles. The molecule has 0 unspecified atom stereocenters. The van der Waals surface area contributed by atoms with E-state index in [1.165, 1.54) is 32.4 Å².